The molecule has 1 amide bonds. The predicted octanol–water partition coefficient (Wildman–Crippen LogP) is 6.77. The SMILES string of the molecule is COc1ccc([C@H]2CC[C@H](C(=O)OC)CC2)cc1-c1ccc(N2CCC2)nc1CN1C(=O)O[C@H](c2cc(F)cc(F)c2)[C@@H]1C. The molecule has 10 heteroatoms. The Morgan fingerprint density at radius 2 is 1.68 bits per heavy atom. The zero-order valence-corrected chi connectivity index (χ0v) is 25.2. The molecule has 44 heavy (non-hydrogen) atoms. The third kappa shape index (κ3) is 5.81. The minimum absolute atomic E-state index is 0.0614. The molecular formula is C34H37F2N3O5. The number of ether oxygens (including phenoxy) is 3. The zero-order valence-electron chi connectivity index (χ0n) is 25.2. The van der Waals surface area contributed by atoms with Crippen molar-refractivity contribution in [1.82, 2.24) is 9.88 Å². The highest BCUT2D eigenvalue weighted by Gasteiger charge is 2.41. The van der Waals surface area contributed by atoms with Gasteiger partial charge in [0.15, 0.2) is 0 Å². The summed E-state index contributed by atoms with van der Waals surface area (Å²) in [6, 6.07) is 12.9. The van der Waals surface area contributed by atoms with Crippen molar-refractivity contribution < 1.29 is 32.6 Å². The van der Waals surface area contributed by atoms with E-state index in [9.17, 15) is 18.4 Å². The molecule has 1 aliphatic carbocycles. The number of nitrogens with zero attached hydrogens (tertiary/aromatic N) is 3. The summed E-state index contributed by atoms with van der Waals surface area (Å²) in [6.45, 7) is 3.77. The Morgan fingerprint density at radius 3 is 2.32 bits per heavy atom. The van der Waals surface area contributed by atoms with Gasteiger partial charge in [-0.05, 0) is 86.9 Å². The van der Waals surface area contributed by atoms with E-state index in [1.807, 2.05) is 25.1 Å². The summed E-state index contributed by atoms with van der Waals surface area (Å²) in [6.07, 6.45) is 3.01. The molecule has 2 atom stereocenters. The molecule has 2 aliphatic heterocycles. The third-order valence-corrected chi connectivity index (χ3v) is 9.31. The lowest BCUT2D eigenvalue weighted by Crippen LogP contribution is -2.38. The van der Waals surface area contributed by atoms with Gasteiger partial charge in [-0.2, -0.15) is 0 Å². The van der Waals surface area contributed by atoms with Gasteiger partial charge in [-0.3, -0.25) is 9.69 Å². The Morgan fingerprint density at radius 1 is 0.955 bits per heavy atom. The van der Waals surface area contributed by atoms with Gasteiger partial charge in [0.2, 0.25) is 0 Å². The summed E-state index contributed by atoms with van der Waals surface area (Å²) >= 11 is 0. The Kier molecular flexibility index (Phi) is 8.42. The lowest BCUT2D eigenvalue weighted by Gasteiger charge is -2.33. The van der Waals surface area contributed by atoms with Crippen molar-refractivity contribution in [2.75, 3.05) is 32.2 Å². The maximum atomic E-state index is 14.0. The average Bonchev–Trinajstić information content (AvgIpc) is 3.28. The number of methoxy groups -OCH3 is 2. The van der Waals surface area contributed by atoms with Gasteiger partial charge in [0.25, 0.3) is 0 Å². The smallest absolute Gasteiger partial charge is 0.411 e. The number of carbonyl (C=O) groups excluding carboxylic acids is 2. The summed E-state index contributed by atoms with van der Waals surface area (Å²) in [5.74, 6) is 0.151. The molecule has 0 bridgehead atoms. The first-order valence-electron chi connectivity index (χ1n) is 15.2. The van der Waals surface area contributed by atoms with E-state index in [2.05, 4.69) is 17.0 Å². The van der Waals surface area contributed by atoms with Crippen LogP contribution in [0.4, 0.5) is 19.4 Å². The number of anilines is 1. The van der Waals surface area contributed by atoms with Gasteiger partial charge >= 0.3 is 12.1 Å². The molecule has 232 valence electrons. The summed E-state index contributed by atoms with van der Waals surface area (Å²) in [4.78, 5) is 34.0. The van der Waals surface area contributed by atoms with Crippen LogP contribution >= 0.6 is 0 Å². The van der Waals surface area contributed by atoms with E-state index in [-0.39, 0.29) is 24.0 Å². The molecule has 1 saturated carbocycles. The molecule has 3 aliphatic rings. The van der Waals surface area contributed by atoms with E-state index < -0.39 is 29.9 Å². The number of hydrogen-bond donors (Lipinski definition) is 0. The molecule has 0 N–H and O–H groups in total. The number of aromatic nitrogens is 1. The van der Waals surface area contributed by atoms with E-state index in [4.69, 9.17) is 19.2 Å². The van der Waals surface area contributed by atoms with Crippen molar-refractivity contribution in [2.24, 2.45) is 5.92 Å². The lowest BCUT2D eigenvalue weighted by molar-refractivity contribution is -0.146. The third-order valence-electron chi connectivity index (χ3n) is 9.31. The highest BCUT2D eigenvalue weighted by atomic mass is 19.1. The number of rotatable bonds is 8. The molecule has 3 heterocycles. The summed E-state index contributed by atoms with van der Waals surface area (Å²) in [5.41, 5.74) is 3.79. The fraction of sp³-hybridized carbons (Fsp3) is 0.441. The minimum Gasteiger partial charge on any atom is -0.496 e. The fourth-order valence-electron chi connectivity index (χ4n) is 6.66. The molecule has 6 rings (SSSR count). The van der Waals surface area contributed by atoms with Gasteiger partial charge in [0.1, 0.15) is 29.3 Å². The van der Waals surface area contributed by atoms with Crippen molar-refractivity contribution in [2.45, 2.75) is 63.6 Å². The second-order valence-corrected chi connectivity index (χ2v) is 11.9. The van der Waals surface area contributed by atoms with Crippen LogP contribution in [-0.4, -0.2) is 55.3 Å². The molecule has 0 radical (unpaired) electrons. The van der Waals surface area contributed by atoms with Crippen molar-refractivity contribution in [3.8, 4) is 16.9 Å². The molecule has 8 nitrogen and oxygen atoms in total. The number of halogens is 2. The summed E-state index contributed by atoms with van der Waals surface area (Å²) in [5, 5.41) is 0. The summed E-state index contributed by atoms with van der Waals surface area (Å²) in [7, 11) is 3.07. The van der Waals surface area contributed by atoms with Gasteiger partial charge < -0.3 is 19.1 Å². The van der Waals surface area contributed by atoms with Crippen LogP contribution in [0.1, 0.15) is 67.9 Å². The zero-order chi connectivity index (χ0) is 31.0. The van der Waals surface area contributed by atoms with Crippen LogP contribution in [0, 0.1) is 17.6 Å². The second-order valence-electron chi connectivity index (χ2n) is 11.9. The molecule has 0 unspecified atom stereocenters. The van der Waals surface area contributed by atoms with E-state index in [1.165, 1.54) is 19.2 Å². The number of cyclic esters (lactones) is 1. The maximum Gasteiger partial charge on any atom is 0.411 e. The lowest BCUT2D eigenvalue weighted by atomic mass is 9.78. The molecule has 3 aromatic rings. The van der Waals surface area contributed by atoms with Crippen LogP contribution in [0.2, 0.25) is 0 Å². The number of pyridine rings is 1. The van der Waals surface area contributed by atoms with Gasteiger partial charge in [0.05, 0.1) is 38.4 Å². The second kappa shape index (κ2) is 12.4. The molecule has 2 aromatic carbocycles. The van der Waals surface area contributed by atoms with Crippen LogP contribution in [0.3, 0.4) is 0 Å². The van der Waals surface area contributed by atoms with Crippen molar-refractivity contribution in [1.29, 1.82) is 0 Å². The Labute approximate surface area is 255 Å². The largest absolute Gasteiger partial charge is 0.496 e. The Balaban J connectivity index is 1.33. The van der Waals surface area contributed by atoms with Crippen molar-refractivity contribution >= 4 is 17.9 Å². The van der Waals surface area contributed by atoms with E-state index >= 15 is 0 Å². The topological polar surface area (TPSA) is 81.2 Å². The quantitative estimate of drug-likeness (QED) is 0.262. The first-order chi connectivity index (χ1) is 21.2. The standard InChI is InChI=1S/C34H37F2N3O5/c1-20-32(24-15-25(35)18-26(36)16-24)44-34(41)39(20)19-29-27(10-12-31(37-29)38-13-4-14-38)28-17-23(9-11-30(28)42-2)21-5-7-22(8-6-21)33(40)43-3/h9-12,15-18,20-22,32H,4-8,13-14,19H2,1-3H3/t20-,21-,22-,32-/m0/s1. The summed E-state index contributed by atoms with van der Waals surface area (Å²) < 4.78 is 44.4. The van der Waals surface area contributed by atoms with E-state index in [0.29, 0.717) is 17.4 Å². The first kappa shape index (κ1) is 29.8. The first-order valence-corrected chi connectivity index (χ1v) is 15.2. The van der Waals surface area contributed by atoms with Gasteiger partial charge in [-0.25, -0.2) is 18.6 Å². The highest BCUT2D eigenvalue weighted by molar-refractivity contribution is 5.76. The van der Waals surface area contributed by atoms with Crippen LogP contribution < -0.4 is 9.64 Å². The fourth-order valence-corrected chi connectivity index (χ4v) is 6.66. The van der Waals surface area contributed by atoms with Crippen molar-refractivity contribution in [3.05, 3.63) is 77.0 Å². The molecule has 2 saturated heterocycles. The Hall–Kier alpha value is -4.21. The average molecular weight is 606 g/mol. The van der Waals surface area contributed by atoms with Crippen LogP contribution in [0.5, 0.6) is 5.75 Å². The van der Waals surface area contributed by atoms with Gasteiger partial charge in [-0.15, -0.1) is 0 Å². The minimum atomic E-state index is -0.826. The van der Waals surface area contributed by atoms with Crippen LogP contribution in [-0.2, 0) is 20.8 Å². The highest BCUT2D eigenvalue weighted by Crippen LogP contribution is 2.42. The predicted molar refractivity (Wildman–Crippen MR) is 160 cm³/mol. The van der Waals surface area contributed by atoms with Crippen LogP contribution in [0.15, 0.2) is 48.5 Å². The van der Waals surface area contributed by atoms with Gasteiger partial charge in [0, 0.05) is 35.8 Å². The number of esters is 1. The number of amides is 1. The van der Waals surface area contributed by atoms with Crippen LogP contribution in [0.25, 0.3) is 11.1 Å². The number of hydrogen-bond acceptors (Lipinski definition) is 7. The molecule has 3 fully saturated rings. The molecule has 1 aromatic heterocycles. The maximum absolute atomic E-state index is 14.0. The van der Waals surface area contributed by atoms with Crippen molar-refractivity contribution in [3.63, 3.8) is 0 Å². The number of carbonyl (C=O) groups is 2. The monoisotopic (exact) mass is 605 g/mol. The van der Waals surface area contributed by atoms with E-state index in [0.717, 1.165) is 73.8 Å². The molecule has 0 spiro atoms. The molecular weight excluding hydrogens is 568 g/mol. The number of benzene rings is 2. The normalized spacial score (nSPS) is 23.2. The van der Waals surface area contributed by atoms with E-state index in [1.54, 1.807) is 12.0 Å². The Bertz CT molecular complexity index is 1530. The van der Waals surface area contributed by atoms with Gasteiger partial charge in [-0.1, -0.05) is 6.07 Å².